The lowest BCUT2D eigenvalue weighted by atomic mass is 10.1. The highest BCUT2D eigenvalue weighted by atomic mass is 16.7. The Morgan fingerprint density at radius 2 is 2.08 bits per heavy atom. The minimum absolute atomic E-state index is 0.0831. The molecule has 7 nitrogen and oxygen atoms in total. The van der Waals surface area contributed by atoms with E-state index >= 15 is 0 Å². The third kappa shape index (κ3) is 3.71. The SMILES string of the molecule is C[C@H](CNC(=O)[C@H]1CCCN1C(=O)c1ccc2c(c1)OCO2)N(C)C. The summed E-state index contributed by atoms with van der Waals surface area (Å²) in [7, 11) is 3.95. The highest BCUT2D eigenvalue weighted by molar-refractivity contribution is 5.98. The second kappa shape index (κ2) is 7.31. The predicted molar refractivity (Wildman–Crippen MR) is 92.8 cm³/mol. The van der Waals surface area contributed by atoms with Crippen molar-refractivity contribution in [3.05, 3.63) is 23.8 Å². The van der Waals surface area contributed by atoms with Gasteiger partial charge in [-0.25, -0.2) is 0 Å². The van der Waals surface area contributed by atoms with Crippen molar-refractivity contribution in [1.29, 1.82) is 0 Å². The van der Waals surface area contributed by atoms with Gasteiger partial charge in [-0.1, -0.05) is 0 Å². The highest BCUT2D eigenvalue weighted by Gasteiger charge is 2.35. The van der Waals surface area contributed by atoms with E-state index in [0.717, 1.165) is 6.42 Å². The lowest BCUT2D eigenvalue weighted by molar-refractivity contribution is -0.125. The molecule has 1 aromatic rings. The molecular weight excluding hydrogens is 322 g/mol. The Hall–Kier alpha value is -2.28. The number of likely N-dealkylation sites (N-methyl/N-ethyl adjacent to an activating group) is 1. The van der Waals surface area contributed by atoms with Crippen LogP contribution in [-0.2, 0) is 4.79 Å². The summed E-state index contributed by atoms with van der Waals surface area (Å²) in [4.78, 5) is 29.1. The average Bonchev–Trinajstić information content (AvgIpc) is 3.26. The van der Waals surface area contributed by atoms with Gasteiger partial charge in [-0.2, -0.15) is 0 Å². The number of amides is 2. The minimum atomic E-state index is -0.410. The van der Waals surface area contributed by atoms with E-state index < -0.39 is 6.04 Å². The number of rotatable bonds is 5. The fourth-order valence-corrected chi connectivity index (χ4v) is 3.03. The van der Waals surface area contributed by atoms with Gasteiger partial charge < -0.3 is 24.6 Å². The number of likely N-dealkylation sites (tertiary alicyclic amines) is 1. The van der Waals surface area contributed by atoms with Gasteiger partial charge in [0.1, 0.15) is 6.04 Å². The van der Waals surface area contributed by atoms with Gasteiger partial charge in [0.15, 0.2) is 11.5 Å². The van der Waals surface area contributed by atoms with Crippen LogP contribution >= 0.6 is 0 Å². The zero-order chi connectivity index (χ0) is 18.0. The molecule has 1 fully saturated rings. The van der Waals surface area contributed by atoms with E-state index in [1.807, 2.05) is 25.9 Å². The Bertz CT molecular complexity index is 662. The fourth-order valence-electron chi connectivity index (χ4n) is 3.03. The molecule has 2 atom stereocenters. The molecule has 1 saturated heterocycles. The van der Waals surface area contributed by atoms with Crippen LogP contribution in [0.3, 0.4) is 0 Å². The van der Waals surface area contributed by atoms with E-state index in [0.29, 0.717) is 36.6 Å². The topological polar surface area (TPSA) is 71.1 Å². The first kappa shape index (κ1) is 17.5. The molecule has 2 heterocycles. The fraction of sp³-hybridized carbons (Fsp3) is 0.556. The Labute approximate surface area is 147 Å². The van der Waals surface area contributed by atoms with Crippen molar-refractivity contribution >= 4 is 11.8 Å². The molecule has 2 aliphatic heterocycles. The third-order valence-corrected chi connectivity index (χ3v) is 4.89. The van der Waals surface area contributed by atoms with Gasteiger partial charge in [0.05, 0.1) is 0 Å². The van der Waals surface area contributed by atoms with Gasteiger partial charge in [0.25, 0.3) is 5.91 Å². The number of hydrogen-bond donors (Lipinski definition) is 1. The van der Waals surface area contributed by atoms with E-state index in [1.54, 1.807) is 23.1 Å². The van der Waals surface area contributed by atoms with Crippen molar-refractivity contribution in [2.75, 3.05) is 34.0 Å². The molecule has 7 heteroatoms. The molecular formula is C18H25N3O4. The average molecular weight is 347 g/mol. The summed E-state index contributed by atoms with van der Waals surface area (Å²) in [6.45, 7) is 3.37. The number of ether oxygens (including phenoxy) is 2. The van der Waals surface area contributed by atoms with Crippen LogP contribution in [0.25, 0.3) is 0 Å². The van der Waals surface area contributed by atoms with E-state index in [1.165, 1.54) is 0 Å². The van der Waals surface area contributed by atoms with E-state index in [9.17, 15) is 9.59 Å². The number of hydrogen-bond acceptors (Lipinski definition) is 5. The minimum Gasteiger partial charge on any atom is -0.454 e. The van der Waals surface area contributed by atoms with Crippen molar-refractivity contribution < 1.29 is 19.1 Å². The molecule has 0 saturated carbocycles. The summed E-state index contributed by atoms with van der Waals surface area (Å²) in [5.41, 5.74) is 0.519. The Balaban J connectivity index is 1.66. The largest absolute Gasteiger partial charge is 0.454 e. The second-order valence-corrected chi connectivity index (χ2v) is 6.78. The lowest BCUT2D eigenvalue weighted by Crippen LogP contribution is -2.48. The molecule has 136 valence electrons. The molecule has 1 aromatic carbocycles. The van der Waals surface area contributed by atoms with Gasteiger partial charge >= 0.3 is 0 Å². The van der Waals surface area contributed by atoms with Crippen molar-refractivity contribution in [1.82, 2.24) is 15.1 Å². The Morgan fingerprint density at radius 3 is 2.84 bits per heavy atom. The predicted octanol–water partition coefficient (Wildman–Crippen LogP) is 1.09. The maximum absolute atomic E-state index is 12.8. The van der Waals surface area contributed by atoms with Crippen molar-refractivity contribution in [3.8, 4) is 11.5 Å². The van der Waals surface area contributed by atoms with E-state index in [-0.39, 0.29) is 24.6 Å². The van der Waals surface area contributed by atoms with Crippen LogP contribution in [-0.4, -0.2) is 67.7 Å². The van der Waals surface area contributed by atoms with Crippen LogP contribution in [0.15, 0.2) is 18.2 Å². The molecule has 0 spiro atoms. The zero-order valence-corrected chi connectivity index (χ0v) is 14.9. The summed E-state index contributed by atoms with van der Waals surface area (Å²) in [6, 6.07) is 4.97. The quantitative estimate of drug-likeness (QED) is 0.863. The summed E-state index contributed by atoms with van der Waals surface area (Å²) in [5, 5.41) is 2.96. The third-order valence-electron chi connectivity index (χ3n) is 4.89. The van der Waals surface area contributed by atoms with Gasteiger partial charge in [0, 0.05) is 24.7 Å². The molecule has 1 N–H and O–H groups in total. The molecule has 3 rings (SSSR count). The van der Waals surface area contributed by atoms with E-state index in [4.69, 9.17) is 9.47 Å². The van der Waals surface area contributed by atoms with Crippen LogP contribution in [0.4, 0.5) is 0 Å². The smallest absolute Gasteiger partial charge is 0.254 e. The monoisotopic (exact) mass is 347 g/mol. The number of carbonyl (C=O) groups is 2. The van der Waals surface area contributed by atoms with Crippen LogP contribution in [0.2, 0.25) is 0 Å². The molecule has 25 heavy (non-hydrogen) atoms. The van der Waals surface area contributed by atoms with Crippen molar-refractivity contribution in [2.45, 2.75) is 31.8 Å². The standard InChI is InChI=1S/C18H25N3O4/c1-12(20(2)3)10-19-17(22)14-5-4-8-21(14)18(23)13-6-7-15-16(9-13)25-11-24-15/h6-7,9,12,14H,4-5,8,10-11H2,1-3H3,(H,19,22)/t12-,14-/m1/s1. The lowest BCUT2D eigenvalue weighted by Gasteiger charge is -2.26. The molecule has 2 aliphatic rings. The molecule has 0 aliphatic carbocycles. The molecule has 0 unspecified atom stereocenters. The molecule has 0 bridgehead atoms. The number of carbonyl (C=O) groups excluding carboxylic acids is 2. The zero-order valence-electron chi connectivity index (χ0n) is 14.9. The van der Waals surface area contributed by atoms with Crippen LogP contribution < -0.4 is 14.8 Å². The molecule has 0 aromatic heterocycles. The summed E-state index contributed by atoms with van der Waals surface area (Å²) >= 11 is 0. The molecule has 0 radical (unpaired) electrons. The highest BCUT2D eigenvalue weighted by Crippen LogP contribution is 2.33. The Kier molecular flexibility index (Phi) is 5.13. The van der Waals surface area contributed by atoms with Crippen LogP contribution in [0, 0.1) is 0 Å². The van der Waals surface area contributed by atoms with Crippen LogP contribution in [0.5, 0.6) is 11.5 Å². The number of fused-ring (bicyclic) bond motifs is 1. The number of nitrogens with zero attached hydrogens (tertiary/aromatic N) is 2. The van der Waals surface area contributed by atoms with Gasteiger partial charge in [0.2, 0.25) is 12.7 Å². The Morgan fingerprint density at radius 1 is 1.32 bits per heavy atom. The van der Waals surface area contributed by atoms with Gasteiger partial charge in [-0.15, -0.1) is 0 Å². The van der Waals surface area contributed by atoms with Gasteiger partial charge in [-0.05, 0) is 52.1 Å². The normalized spacial score (nSPS) is 20.0. The van der Waals surface area contributed by atoms with Gasteiger partial charge in [-0.3, -0.25) is 9.59 Å². The van der Waals surface area contributed by atoms with E-state index in [2.05, 4.69) is 5.32 Å². The van der Waals surface area contributed by atoms with Crippen LogP contribution in [0.1, 0.15) is 30.1 Å². The first-order valence-electron chi connectivity index (χ1n) is 8.62. The summed E-state index contributed by atoms with van der Waals surface area (Å²) < 4.78 is 10.6. The maximum Gasteiger partial charge on any atom is 0.254 e. The number of benzene rings is 1. The maximum atomic E-state index is 12.8. The summed E-state index contributed by atoms with van der Waals surface area (Å²) in [6.07, 6.45) is 1.52. The summed E-state index contributed by atoms with van der Waals surface area (Å²) in [5.74, 6) is 0.993. The van der Waals surface area contributed by atoms with Crippen molar-refractivity contribution in [2.24, 2.45) is 0 Å². The number of nitrogens with one attached hydrogen (secondary N) is 1. The first-order valence-corrected chi connectivity index (χ1v) is 8.62. The second-order valence-electron chi connectivity index (χ2n) is 6.78. The van der Waals surface area contributed by atoms with Crippen molar-refractivity contribution in [3.63, 3.8) is 0 Å². The first-order chi connectivity index (χ1) is 12.0. The molecule has 2 amide bonds.